The van der Waals surface area contributed by atoms with Crippen LogP contribution in [0, 0.1) is 0 Å². The number of fused-ring (bicyclic) bond motifs is 1. The van der Waals surface area contributed by atoms with Crippen molar-refractivity contribution in [2.45, 2.75) is 6.92 Å². The SMILES string of the molecule is CC(=O)c1ccc(N=Cc2c(O)[nH]c3cc(Cl)ccc23)cc1. The maximum absolute atomic E-state index is 11.2. The van der Waals surface area contributed by atoms with E-state index in [1.807, 2.05) is 6.07 Å². The van der Waals surface area contributed by atoms with E-state index in [1.165, 1.54) is 6.92 Å². The van der Waals surface area contributed by atoms with Gasteiger partial charge in [0.15, 0.2) is 11.7 Å². The highest BCUT2D eigenvalue weighted by Crippen LogP contribution is 2.28. The predicted octanol–water partition coefficient (Wildman–Crippen LogP) is 4.48. The number of hydrogen-bond donors (Lipinski definition) is 2. The molecule has 0 aliphatic rings. The molecule has 2 aromatic carbocycles. The van der Waals surface area contributed by atoms with Crippen molar-refractivity contribution in [2.75, 3.05) is 0 Å². The van der Waals surface area contributed by atoms with E-state index in [-0.39, 0.29) is 11.7 Å². The molecule has 1 heterocycles. The quantitative estimate of drug-likeness (QED) is 0.553. The molecule has 110 valence electrons. The first-order valence-corrected chi connectivity index (χ1v) is 7.07. The van der Waals surface area contributed by atoms with Gasteiger partial charge >= 0.3 is 0 Å². The number of halogens is 1. The number of carbonyl (C=O) groups is 1. The van der Waals surface area contributed by atoms with Gasteiger partial charge in [0.05, 0.1) is 16.8 Å². The van der Waals surface area contributed by atoms with Gasteiger partial charge in [0.1, 0.15) is 0 Å². The first-order chi connectivity index (χ1) is 10.5. The van der Waals surface area contributed by atoms with Crippen molar-refractivity contribution in [2.24, 2.45) is 4.99 Å². The van der Waals surface area contributed by atoms with Crippen molar-refractivity contribution in [1.82, 2.24) is 4.98 Å². The lowest BCUT2D eigenvalue weighted by atomic mass is 10.1. The third-order valence-corrected chi connectivity index (χ3v) is 3.63. The van der Waals surface area contributed by atoms with Crippen LogP contribution in [0.25, 0.3) is 10.9 Å². The first kappa shape index (κ1) is 14.4. The summed E-state index contributed by atoms with van der Waals surface area (Å²) >= 11 is 5.93. The Hall–Kier alpha value is -2.59. The molecule has 1 aromatic heterocycles. The molecule has 0 atom stereocenters. The van der Waals surface area contributed by atoms with Crippen LogP contribution in [0.4, 0.5) is 5.69 Å². The van der Waals surface area contributed by atoms with E-state index in [0.29, 0.717) is 21.8 Å². The summed E-state index contributed by atoms with van der Waals surface area (Å²) in [5.74, 6) is 0.0584. The molecule has 0 amide bonds. The Morgan fingerprint density at radius 1 is 1.23 bits per heavy atom. The van der Waals surface area contributed by atoms with Crippen LogP contribution in [0.3, 0.4) is 0 Å². The molecule has 0 radical (unpaired) electrons. The zero-order chi connectivity index (χ0) is 15.7. The zero-order valence-electron chi connectivity index (χ0n) is 11.8. The fourth-order valence-corrected chi connectivity index (χ4v) is 2.40. The minimum atomic E-state index is 0.0154. The average Bonchev–Trinajstić information content (AvgIpc) is 2.80. The van der Waals surface area contributed by atoms with E-state index in [0.717, 1.165) is 10.9 Å². The van der Waals surface area contributed by atoms with Crippen molar-refractivity contribution >= 4 is 40.2 Å². The van der Waals surface area contributed by atoms with Crippen LogP contribution in [-0.4, -0.2) is 22.1 Å². The number of nitrogens with zero attached hydrogens (tertiary/aromatic N) is 1. The summed E-state index contributed by atoms with van der Waals surface area (Å²) in [6, 6.07) is 12.3. The molecule has 0 fully saturated rings. The number of aliphatic imine (C=N–C) groups is 1. The second-order valence-corrected chi connectivity index (χ2v) is 5.37. The Kier molecular flexibility index (Phi) is 3.69. The van der Waals surface area contributed by atoms with Gasteiger partial charge in [-0.3, -0.25) is 9.79 Å². The van der Waals surface area contributed by atoms with Crippen molar-refractivity contribution in [1.29, 1.82) is 0 Å². The van der Waals surface area contributed by atoms with Gasteiger partial charge in [0, 0.05) is 22.2 Å². The van der Waals surface area contributed by atoms with Crippen LogP contribution in [0.1, 0.15) is 22.8 Å². The summed E-state index contributed by atoms with van der Waals surface area (Å²) in [6.45, 7) is 1.52. The van der Waals surface area contributed by atoms with Gasteiger partial charge < -0.3 is 10.1 Å². The van der Waals surface area contributed by atoms with E-state index < -0.39 is 0 Å². The summed E-state index contributed by atoms with van der Waals surface area (Å²) in [7, 11) is 0. The molecule has 4 nitrogen and oxygen atoms in total. The smallest absolute Gasteiger partial charge is 0.198 e. The predicted molar refractivity (Wildman–Crippen MR) is 88.7 cm³/mol. The number of aromatic nitrogens is 1. The van der Waals surface area contributed by atoms with Gasteiger partial charge in [-0.2, -0.15) is 0 Å². The Bertz CT molecular complexity index is 880. The van der Waals surface area contributed by atoms with E-state index in [4.69, 9.17) is 11.6 Å². The molecule has 0 saturated heterocycles. The van der Waals surface area contributed by atoms with Crippen LogP contribution in [-0.2, 0) is 0 Å². The Morgan fingerprint density at radius 3 is 2.64 bits per heavy atom. The van der Waals surface area contributed by atoms with E-state index >= 15 is 0 Å². The fourth-order valence-electron chi connectivity index (χ4n) is 2.23. The Morgan fingerprint density at radius 2 is 1.95 bits per heavy atom. The normalized spacial score (nSPS) is 11.4. The molecule has 0 spiro atoms. The summed E-state index contributed by atoms with van der Waals surface area (Å²) in [4.78, 5) is 18.4. The second-order valence-electron chi connectivity index (χ2n) is 4.94. The van der Waals surface area contributed by atoms with Crippen LogP contribution in [0.5, 0.6) is 5.88 Å². The Labute approximate surface area is 132 Å². The number of rotatable bonds is 3. The monoisotopic (exact) mass is 312 g/mol. The minimum Gasteiger partial charge on any atom is -0.494 e. The summed E-state index contributed by atoms with van der Waals surface area (Å²) in [6.07, 6.45) is 1.59. The molecular formula is C17H13ClN2O2. The summed E-state index contributed by atoms with van der Waals surface area (Å²) in [5, 5.41) is 11.4. The third kappa shape index (κ3) is 2.73. The maximum atomic E-state index is 11.2. The number of aromatic hydroxyl groups is 1. The number of H-pyrrole nitrogens is 1. The molecule has 3 aromatic rings. The molecule has 2 N–H and O–H groups in total. The lowest BCUT2D eigenvalue weighted by Crippen LogP contribution is -1.89. The summed E-state index contributed by atoms with van der Waals surface area (Å²) < 4.78 is 0. The minimum absolute atomic E-state index is 0.0154. The number of nitrogens with one attached hydrogen (secondary N) is 1. The molecule has 5 heteroatoms. The highest BCUT2D eigenvalue weighted by atomic mass is 35.5. The largest absolute Gasteiger partial charge is 0.494 e. The molecule has 22 heavy (non-hydrogen) atoms. The molecule has 0 saturated carbocycles. The average molecular weight is 313 g/mol. The van der Waals surface area contributed by atoms with Crippen molar-refractivity contribution in [3.8, 4) is 5.88 Å². The van der Waals surface area contributed by atoms with E-state index in [9.17, 15) is 9.90 Å². The summed E-state index contributed by atoms with van der Waals surface area (Å²) in [5.41, 5.74) is 2.69. The van der Waals surface area contributed by atoms with Gasteiger partial charge in [-0.25, -0.2) is 0 Å². The van der Waals surface area contributed by atoms with Crippen LogP contribution in [0.15, 0.2) is 47.5 Å². The number of carbonyl (C=O) groups excluding carboxylic acids is 1. The van der Waals surface area contributed by atoms with E-state index in [2.05, 4.69) is 9.98 Å². The molecular weight excluding hydrogens is 300 g/mol. The van der Waals surface area contributed by atoms with Gasteiger partial charge in [-0.05, 0) is 43.3 Å². The Balaban J connectivity index is 1.95. The zero-order valence-corrected chi connectivity index (χ0v) is 12.6. The number of benzene rings is 2. The van der Waals surface area contributed by atoms with E-state index in [1.54, 1.807) is 42.6 Å². The lowest BCUT2D eigenvalue weighted by molar-refractivity contribution is 0.101. The highest BCUT2D eigenvalue weighted by Gasteiger charge is 2.09. The highest BCUT2D eigenvalue weighted by molar-refractivity contribution is 6.31. The van der Waals surface area contributed by atoms with Gasteiger partial charge in [0.2, 0.25) is 0 Å². The topological polar surface area (TPSA) is 65.4 Å². The molecule has 3 rings (SSSR count). The first-order valence-electron chi connectivity index (χ1n) is 6.70. The standard InChI is InChI=1S/C17H13ClN2O2/c1-10(21)11-2-5-13(6-3-11)19-9-15-14-7-4-12(18)8-16(14)20-17(15)22/h2-9,20,22H,1H3. The second kappa shape index (κ2) is 5.66. The molecule has 0 aliphatic heterocycles. The number of ketones is 1. The number of aromatic amines is 1. The van der Waals surface area contributed by atoms with Gasteiger partial charge in [0.25, 0.3) is 0 Å². The molecule has 0 bridgehead atoms. The van der Waals surface area contributed by atoms with Crippen molar-refractivity contribution < 1.29 is 9.90 Å². The fraction of sp³-hybridized carbons (Fsp3) is 0.0588. The van der Waals surface area contributed by atoms with Gasteiger partial charge in [-0.1, -0.05) is 17.7 Å². The lowest BCUT2D eigenvalue weighted by Gasteiger charge is -1.97. The van der Waals surface area contributed by atoms with Crippen molar-refractivity contribution in [3.05, 3.63) is 58.6 Å². The van der Waals surface area contributed by atoms with Crippen molar-refractivity contribution in [3.63, 3.8) is 0 Å². The molecule has 0 aliphatic carbocycles. The number of Topliss-reactive ketones (excluding diaryl/α,β-unsaturated/α-hetero) is 1. The van der Waals surface area contributed by atoms with Crippen LogP contribution >= 0.6 is 11.6 Å². The third-order valence-electron chi connectivity index (χ3n) is 3.40. The maximum Gasteiger partial charge on any atom is 0.198 e. The number of hydrogen-bond acceptors (Lipinski definition) is 3. The van der Waals surface area contributed by atoms with Crippen LogP contribution < -0.4 is 0 Å². The van der Waals surface area contributed by atoms with Crippen LogP contribution in [0.2, 0.25) is 5.02 Å². The van der Waals surface area contributed by atoms with Gasteiger partial charge in [-0.15, -0.1) is 0 Å². The molecule has 0 unspecified atom stereocenters.